The zero-order valence-corrected chi connectivity index (χ0v) is 12.1. The van der Waals surface area contributed by atoms with Crippen LogP contribution in [0.4, 0.5) is 8.78 Å². The maximum Gasteiger partial charge on any atom is 0.159 e. The molecule has 1 aromatic rings. The van der Waals surface area contributed by atoms with Crippen LogP contribution < -0.4 is 5.32 Å². The number of benzene rings is 1. The van der Waals surface area contributed by atoms with Crippen molar-refractivity contribution in [1.82, 2.24) is 10.2 Å². The van der Waals surface area contributed by atoms with Crippen molar-refractivity contribution in [3.05, 3.63) is 47.7 Å². The van der Waals surface area contributed by atoms with Gasteiger partial charge in [-0.05, 0) is 44.0 Å². The molecule has 0 unspecified atom stereocenters. The summed E-state index contributed by atoms with van der Waals surface area (Å²) in [5.74, 6) is -1.58. The molecule has 110 valence electrons. The van der Waals surface area contributed by atoms with Gasteiger partial charge in [-0.1, -0.05) is 19.6 Å². The molecule has 1 heterocycles. The van der Waals surface area contributed by atoms with Gasteiger partial charge in [0.1, 0.15) is 0 Å². The lowest BCUT2D eigenvalue weighted by molar-refractivity contribution is 0.166. The van der Waals surface area contributed by atoms with Gasteiger partial charge in [-0.3, -0.25) is 0 Å². The summed E-state index contributed by atoms with van der Waals surface area (Å²) in [5, 5.41) is 3.45. The van der Waals surface area contributed by atoms with Crippen molar-refractivity contribution in [2.45, 2.75) is 38.8 Å². The molecule has 2 atom stereocenters. The number of nitrogens with one attached hydrogen (secondary N) is 1. The first-order chi connectivity index (χ1) is 9.52. The summed E-state index contributed by atoms with van der Waals surface area (Å²) in [7, 11) is 0. The molecule has 4 heteroatoms. The summed E-state index contributed by atoms with van der Waals surface area (Å²) >= 11 is 0. The predicted molar refractivity (Wildman–Crippen MR) is 77.3 cm³/mol. The minimum atomic E-state index is -0.797. The maximum atomic E-state index is 13.5. The minimum Gasteiger partial charge on any atom is -0.368 e. The number of piperidine rings is 1. The summed E-state index contributed by atoms with van der Waals surface area (Å²) in [6, 6.07) is 4.66. The maximum absolute atomic E-state index is 13.5. The molecule has 1 fully saturated rings. The summed E-state index contributed by atoms with van der Waals surface area (Å²) in [6.07, 6.45) is 1.92. The Morgan fingerprint density at radius 3 is 2.75 bits per heavy atom. The van der Waals surface area contributed by atoms with Gasteiger partial charge in [0.2, 0.25) is 0 Å². The Bertz CT molecular complexity index is 487. The van der Waals surface area contributed by atoms with E-state index in [1.807, 2.05) is 6.92 Å². The molecular formula is C16H22F2N2. The summed E-state index contributed by atoms with van der Waals surface area (Å²) in [4.78, 5) is 2.18. The topological polar surface area (TPSA) is 15.3 Å². The largest absolute Gasteiger partial charge is 0.368 e. The number of rotatable bonds is 4. The molecular weight excluding hydrogens is 258 g/mol. The third-order valence-electron chi connectivity index (χ3n) is 3.91. The van der Waals surface area contributed by atoms with Gasteiger partial charge in [0, 0.05) is 18.3 Å². The molecule has 0 radical (unpaired) electrons. The molecule has 1 aliphatic rings. The van der Waals surface area contributed by atoms with E-state index in [1.165, 1.54) is 12.1 Å². The van der Waals surface area contributed by atoms with E-state index in [9.17, 15) is 8.78 Å². The Kier molecular flexibility index (Phi) is 4.76. The fraction of sp³-hybridized carbons (Fsp3) is 0.500. The Balaban J connectivity index is 2.26. The van der Waals surface area contributed by atoms with Crippen LogP contribution in [0.25, 0.3) is 0 Å². The highest BCUT2D eigenvalue weighted by Gasteiger charge is 2.29. The Morgan fingerprint density at radius 2 is 2.15 bits per heavy atom. The number of hydrogen-bond acceptors (Lipinski definition) is 2. The quantitative estimate of drug-likeness (QED) is 0.906. The van der Waals surface area contributed by atoms with Crippen LogP contribution in [0.5, 0.6) is 0 Å². The summed E-state index contributed by atoms with van der Waals surface area (Å²) in [5.41, 5.74) is 1.78. The van der Waals surface area contributed by atoms with Crippen LogP contribution in [0.3, 0.4) is 0 Å². The van der Waals surface area contributed by atoms with E-state index in [0.29, 0.717) is 6.04 Å². The SMILES string of the molecule is C=C(C)N1CC[C@@H](NCC)C[C@H]1c1ccc(F)c(F)c1. The molecule has 0 aliphatic carbocycles. The zero-order chi connectivity index (χ0) is 14.7. The van der Waals surface area contributed by atoms with Gasteiger partial charge in [-0.2, -0.15) is 0 Å². The molecule has 2 nitrogen and oxygen atoms in total. The molecule has 0 bridgehead atoms. The second-order valence-electron chi connectivity index (χ2n) is 5.40. The highest BCUT2D eigenvalue weighted by atomic mass is 19.2. The van der Waals surface area contributed by atoms with E-state index in [2.05, 4.69) is 23.7 Å². The third kappa shape index (κ3) is 3.18. The van der Waals surface area contributed by atoms with Crippen molar-refractivity contribution in [2.24, 2.45) is 0 Å². The monoisotopic (exact) mass is 280 g/mol. The fourth-order valence-electron chi connectivity index (χ4n) is 2.93. The Morgan fingerprint density at radius 1 is 1.40 bits per heavy atom. The van der Waals surface area contributed by atoms with Crippen LogP contribution in [0.15, 0.2) is 30.5 Å². The molecule has 1 aromatic carbocycles. The predicted octanol–water partition coefficient (Wildman–Crippen LogP) is 3.61. The Hall–Kier alpha value is -1.42. The second-order valence-corrected chi connectivity index (χ2v) is 5.40. The molecule has 1 N–H and O–H groups in total. The van der Waals surface area contributed by atoms with Crippen LogP contribution >= 0.6 is 0 Å². The van der Waals surface area contributed by atoms with E-state index in [4.69, 9.17) is 0 Å². The van der Waals surface area contributed by atoms with Crippen molar-refractivity contribution in [3.8, 4) is 0 Å². The lowest BCUT2D eigenvalue weighted by Crippen LogP contribution is -2.43. The van der Waals surface area contributed by atoms with E-state index in [1.54, 1.807) is 6.07 Å². The van der Waals surface area contributed by atoms with Crippen LogP contribution in [-0.4, -0.2) is 24.0 Å². The van der Waals surface area contributed by atoms with Crippen molar-refractivity contribution in [2.75, 3.05) is 13.1 Å². The average molecular weight is 280 g/mol. The molecule has 0 amide bonds. The van der Waals surface area contributed by atoms with Gasteiger partial charge in [-0.25, -0.2) is 8.78 Å². The standard InChI is InChI=1S/C16H22F2N2/c1-4-19-13-7-8-20(11(2)3)16(10-13)12-5-6-14(17)15(18)9-12/h5-6,9,13,16,19H,2,4,7-8,10H2,1,3H3/t13-,16+/m1/s1. The number of allylic oxidation sites excluding steroid dienone is 1. The fourth-order valence-corrected chi connectivity index (χ4v) is 2.93. The van der Waals surface area contributed by atoms with Crippen LogP contribution in [0, 0.1) is 11.6 Å². The van der Waals surface area contributed by atoms with Gasteiger partial charge >= 0.3 is 0 Å². The van der Waals surface area contributed by atoms with Gasteiger partial charge < -0.3 is 10.2 Å². The summed E-state index contributed by atoms with van der Waals surface area (Å²) < 4.78 is 26.6. The van der Waals surface area contributed by atoms with E-state index < -0.39 is 11.6 Å². The molecule has 0 saturated carbocycles. The molecule has 0 aromatic heterocycles. The summed E-state index contributed by atoms with van der Waals surface area (Å²) in [6.45, 7) is 9.85. The first kappa shape index (κ1) is 15.0. The first-order valence-electron chi connectivity index (χ1n) is 7.13. The van der Waals surface area contributed by atoms with Crippen molar-refractivity contribution in [3.63, 3.8) is 0 Å². The molecule has 1 aliphatic heterocycles. The molecule has 1 saturated heterocycles. The molecule has 0 spiro atoms. The van der Waals surface area contributed by atoms with Crippen molar-refractivity contribution >= 4 is 0 Å². The van der Waals surface area contributed by atoms with Crippen LogP contribution in [0.1, 0.15) is 38.3 Å². The zero-order valence-electron chi connectivity index (χ0n) is 12.1. The molecule has 2 rings (SSSR count). The van der Waals surface area contributed by atoms with Crippen LogP contribution in [0.2, 0.25) is 0 Å². The van der Waals surface area contributed by atoms with Gasteiger partial charge in [0.25, 0.3) is 0 Å². The van der Waals surface area contributed by atoms with Gasteiger partial charge in [0.05, 0.1) is 6.04 Å². The minimum absolute atomic E-state index is 0.0559. The average Bonchev–Trinajstić information content (AvgIpc) is 2.42. The van der Waals surface area contributed by atoms with E-state index >= 15 is 0 Å². The highest BCUT2D eigenvalue weighted by molar-refractivity contribution is 5.23. The van der Waals surface area contributed by atoms with Crippen molar-refractivity contribution in [1.29, 1.82) is 0 Å². The smallest absolute Gasteiger partial charge is 0.159 e. The Labute approximate surface area is 119 Å². The van der Waals surface area contributed by atoms with Gasteiger partial charge in [0.15, 0.2) is 11.6 Å². The third-order valence-corrected chi connectivity index (χ3v) is 3.91. The van der Waals surface area contributed by atoms with Crippen molar-refractivity contribution < 1.29 is 8.78 Å². The first-order valence-corrected chi connectivity index (χ1v) is 7.13. The lowest BCUT2D eigenvalue weighted by atomic mass is 9.91. The highest BCUT2D eigenvalue weighted by Crippen LogP contribution is 2.34. The number of halogens is 2. The normalized spacial score (nSPS) is 22.9. The van der Waals surface area contributed by atoms with Crippen LogP contribution in [-0.2, 0) is 0 Å². The second kappa shape index (κ2) is 6.35. The number of hydrogen-bond donors (Lipinski definition) is 1. The lowest BCUT2D eigenvalue weighted by Gasteiger charge is -2.41. The van der Waals surface area contributed by atoms with E-state index in [-0.39, 0.29) is 6.04 Å². The molecule has 20 heavy (non-hydrogen) atoms. The number of likely N-dealkylation sites (tertiary alicyclic amines) is 1. The number of nitrogens with zero attached hydrogens (tertiary/aromatic N) is 1. The van der Waals surface area contributed by atoms with Gasteiger partial charge in [-0.15, -0.1) is 0 Å². The van der Waals surface area contributed by atoms with E-state index in [0.717, 1.165) is 37.2 Å².